The van der Waals surface area contributed by atoms with Gasteiger partial charge in [-0.3, -0.25) is 9.69 Å². The third-order valence-corrected chi connectivity index (χ3v) is 5.72. The van der Waals surface area contributed by atoms with Crippen LogP contribution < -0.4 is 0 Å². The summed E-state index contributed by atoms with van der Waals surface area (Å²) in [6.07, 6.45) is 3.93. The summed E-state index contributed by atoms with van der Waals surface area (Å²) in [6.45, 7) is 4.77. The van der Waals surface area contributed by atoms with Crippen molar-refractivity contribution in [2.75, 3.05) is 39.4 Å². The van der Waals surface area contributed by atoms with Crippen molar-refractivity contribution < 1.29 is 18.7 Å². The molecule has 1 aromatic rings. The zero-order valence-electron chi connectivity index (χ0n) is 15.2. The summed E-state index contributed by atoms with van der Waals surface area (Å²) in [6, 6.07) is 6.92. The molecule has 5 nitrogen and oxygen atoms in total. The Hall–Kier alpha value is -1.50. The number of likely N-dealkylation sites (tertiary alicyclic amines) is 2. The molecule has 26 heavy (non-hydrogen) atoms. The van der Waals surface area contributed by atoms with Crippen LogP contribution in [0.25, 0.3) is 0 Å². The molecular formula is C20H27FN2O3. The first-order valence-electron chi connectivity index (χ1n) is 9.63. The summed E-state index contributed by atoms with van der Waals surface area (Å²) in [7, 11) is 0. The van der Waals surface area contributed by atoms with Gasteiger partial charge in [0.05, 0.1) is 11.7 Å². The Morgan fingerprint density at radius 2 is 2.04 bits per heavy atom. The van der Waals surface area contributed by atoms with Crippen molar-refractivity contribution >= 4 is 5.91 Å². The second-order valence-electron chi connectivity index (χ2n) is 7.78. The third kappa shape index (κ3) is 3.92. The van der Waals surface area contributed by atoms with Crippen LogP contribution in [0.2, 0.25) is 0 Å². The van der Waals surface area contributed by atoms with Gasteiger partial charge in [-0.05, 0) is 25.3 Å². The molecule has 3 fully saturated rings. The Balaban J connectivity index is 1.24. The second kappa shape index (κ2) is 7.62. The van der Waals surface area contributed by atoms with E-state index in [2.05, 4.69) is 4.90 Å². The highest BCUT2D eigenvalue weighted by Crippen LogP contribution is 2.36. The van der Waals surface area contributed by atoms with E-state index in [1.54, 1.807) is 6.07 Å². The number of halogens is 1. The van der Waals surface area contributed by atoms with E-state index in [9.17, 15) is 9.18 Å². The summed E-state index contributed by atoms with van der Waals surface area (Å²) < 4.78 is 25.7. The van der Waals surface area contributed by atoms with E-state index >= 15 is 0 Å². The topological polar surface area (TPSA) is 42.0 Å². The summed E-state index contributed by atoms with van der Waals surface area (Å²) in [5, 5.41) is 0. The molecule has 0 aromatic heterocycles. The smallest absolute Gasteiger partial charge is 0.248 e. The van der Waals surface area contributed by atoms with Crippen LogP contribution >= 0.6 is 0 Å². The molecule has 0 bridgehead atoms. The van der Waals surface area contributed by atoms with E-state index in [0.29, 0.717) is 13.2 Å². The lowest BCUT2D eigenvalue weighted by molar-refractivity contribution is -0.200. The predicted octanol–water partition coefficient (Wildman–Crippen LogP) is 2.20. The Kier molecular flexibility index (Phi) is 5.25. The number of benzene rings is 1. The van der Waals surface area contributed by atoms with E-state index in [1.807, 2.05) is 17.0 Å². The van der Waals surface area contributed by atoms with E-state index in [4.69, 9.17) is 9.47 Å². The third-order valence-electron chi connectivity index (χ3n) is 5.72. The summed E-state index contributed by atoms with van der Waals surface area (Å²) >= 11 is 0. The minimum atomic E-state index is -0.190. The maximum absolute atomic E-state index is 13.8. The van der Waals surface area contributed by atoms with Gasteiger partial charge in [-0.1, -0.05) is 18.2 Å². The molecule has 1 spiro atoms. The Bertz CT molecular complexity index is 642. The number of carbonyl (C=O) groups is 1. The lowest BCUT2D eigenvalue weighted by atomic mass is 9.84. The molecule has 1 aromatic carbocycles. The van der Waals surface area contributed by atoms with Crippen molar-refractivity contribution in [3.8, 4) is 0 Å². The maximum Gasteiger partial charge on any atom is 0.248 e. The van der Waals surface area contributed by atoms with Crippen molar-refractivity contribution in [1.29, 1.82) is 0 Å². The number of nitrogens with zero attached hydrogens (tertiary/aromatic N) is 2. The lowest BCUT2D eigenvalue weighted by Gasteiger charge is -2.53. The van der Waals surface area contributed by atoms with Gasteiger partial charge in [0, 0.05) is 51.3 Å². The van der Waals surface area contributed by atoms with E-state index in [1.165, 1.54) is 6.07 Å². The Morgan fingerprint density at radius 1 is 1.27 bits per heavy atom. The van der Waals surface area contributed by atoms with Crippen molar-refractivity contribution in [3.63, 3.8) is 0 Å². The number of amides is 1. The highest BCUT2D eigenvalue weighted by Gasteiger charge is 2.47. The predicted molar refractivity (Wildman–Crippen MR) is 95.1 cm³/mol. The fourth-order valence-corrected chi connectivity index (χ4v) is 4.34. The molecule has 3 heterocycles. The van der Waals surface area contributed by atoms with E-state index in [-0.39, 0.29) is 30.0 Å². The van der Waals surface area contributed by atoms with E-state index in [0.717, 1.165) is 57.4 Å². The second-order valence-corrected chi connectivity index (χ2v) is 7.78. The van der Waals surface area contributed by atoms with Crippen LogP contribution in [0.4, 0.5) is 4.39 Å². The first-order chi connectivity index (χ1) is 12.6. The summed E-state index contributed by atoms with van der Waals surface area (Å²) in [4.78, 5) is 16.2. The molecule has 0 saturated carbocycles. The van der Waals surface area contributed by atoms with Gasteiger partial charge in [0.1, 0.15) is 12.4 Å². The summed E-state index contributed by atoms with van der Waals surface area (Å²) in [5.74, 6) is -0.0440. The van der Waals surface area contributed by atoms with Crippen LogP contribution in [0.15, 0.2) is 24.3 Å². The van der Waals surface area contributed by atoms with Crippen LogP contribution in [0.1, 0.15) is 31.2 Å². The highest BCUT2D eigenvalue weighted by atomic mass is 19.1. The normalized spacial score (nSPS) is 25.4. The van der Waals surface area contributed by atoms with Crippen LogP contribution in [0.3, 0.4) is 0 Å². The van der Waals surface area contributed by atoms with Crippen LogP contribution in [-0.4, -0.2) is 66.8 Å². The fraction of sp³-hybridized carbons (Fsp3) is 0.650. The number of hydrogen-bond acceptors (Lipinski definition) is 4. The highest BCUT2D eigenvalue weighted by molar-refractivity contribution is 5.77. The van der Waals surface area contributed by atoms with Gasteiger partial charge >= 0.3 is 0 Å². The molecule has 3 saturated heterocycles. The SMILES string of the molecule is O=C(COC1CCOC2(C1)CN(Cc1ccccc1F)C2)N1CCCC1. The maximum atomic E-state index is 13.8. The molecule has 1 atom stereocenters. The summed E-state index contributed by atoms with van der Waals surface area (Å²) in [5.41, 5.74) is 0.535. The first-order valence-corrected chi connectivity index (χ1v) is 9.63. The van der Waals surface area contributed by atoms with Crippen molar-refractivity contribution in [2.45, 2.75) is 43.9 Å². The molecular weight excluding hydrogens is 335 g/mol. The molecule has 0 radical (unpaired) electrons. The molecule has 1 unspecified atom stereocenters. The Morgan fingerprint density at radius 3 is 2.81 bits per heavy atom. The lowest BCUT2D eigenvalue weighted by Crippen LogP contribution is -2.65. The number of rotatable bonds is 5. The zero-order valence-corrected chi connectivity index (χ0v) is 15.2. The number of carbonyl (C=O) groups excluding carboxylic acids is 1. The van der Waals surface area contributed by atoms with Gasteiger partial charge in [-0.25, -0.2) is 4.39 Å². The molecule has 6 heteroatoms. The molecule has 142 valence electrons. The first kappa shape index (κ1) is 17.9. The average molecular weight is 362 g/mol. The van der Waals surface area contributed by atoms with Crippen molar-refractivity contribution in [1.82, 2.24) is 9.80 Å². The number of hydrogen-bond donors (Lipinski definition) is 0. The monoisotopic (exact) mass is 362 g/mol. The van der Waals surface area contributed by atoms with Gasteiger partial charge in [-0.2, -0.15) is 0 Å². The van der Waals surface area contributed by atoms with Gasteiger partial charge in [0.15, 0.2) is 0 Å². The zero-order chi connectivity index (χ0) is 18.0. The molecule has 0 aliphatic carbocycles. The largest absolute Gasteiger partial charge is 0.372 e. The molecule has 0 N–H and O–H groups in total. The average Bonchev–Trinajstić information content (AvgIpc) is 3.15. The quantitative estimate of drug-likeness (QED) is 0.805. The molecule has 1 amide bonds. The van der Waals surface area contributed by atoms with Crippen LogP contribution in [-0.2, 0) is 20.8 Å². The standard InChI is InChI=1S/C20H27FN2O3/c21-18-6-2-1-5-16(18)12-22-14-20(15-22)11-17(7-10-26-20)25-13-19(24)23-8-3-4-9-23/h1-2,5-6,17H,3-4,7-15H2. The van der Waals surface area contributed by atoms with Crippen molar-refractivity contribution in [2.24, 2.45) is 0 Å². The fourth-order valence-electron chi connectivity index (χ4n) is 4.34. The van der Waals surface area contributed by atoms with E-state index < -0.39 is 0 Å². The Labute approximate surface area is 154 Å². The van der Waals surface area contributed by atoms with Gasteiger partial charge in [-0.15, -0.1) is 0 Å². The minimum absolute atomic E-state index is 0.0749. The minimum Gasteiger partial charge on any atom is -0.372 e. The number of ether oxygens (including phenoxy) is 2. The van der Waals surface area contributed by atoms with Gasteiger partial charge < -0.3 is 14.4 Å². The van der Waals surface area contributed by atoms with Crippen LogP contribution in [0, 0.1) is 5.82 Å². The molecule has 4 rings (SSSR count). The van der Waals surface area contributed by atoms with Gasteiger partial charge in [0.2, 0.25) is 5.91 Å². The van der Waals surface area contributed by atoms with Gasteiger partial charge in [0.25, 0.3) is 0 Å². The van der Waals surface area contributed by atoms with Crippen LogP contribution in [0.5, 0.6) is 0 Å². The molecule has 3 aliphatic rings. The van der Waals surface area contributed by atoms with Crippen molar-refractivity contribution in [3.05, 3.63) is 35.6 Å². The molecule has 3 aliphatic heterocycles.